The highest BCUT2D eigenvalue weighted by Crippen LogP contribution is 2.27. The molecule has 3 aromatic carbocycles. The number of hydrogen-bond donors (Lipinski definition) is 1. The van der Waals surface area contributed by atoms with Crippen LogP contribution in [0.5, 0.6) is 0 Å². The van der Waals surface area contributed by atoms with Gasteiger partial charge < -0.3 is 5.32 Å². The summed E-state index contributed by atoms with van der Waals surface area (Å²) in [4.78, 5) is 12.4. The zero-order chi connectivity index (χ0) is 20.7. The van der Waals surface area contributed by atoms with Crippen LogP contribution < -0.4 is 5.32 Å². The molecule has 4 nitrogen and oxygen atoms in total. The third-order valence-corrected chi connectivity index (χ3v) is 6.49. The van der Waals surface area contributed by atoms with Crippen LogP contribution in [-0.2, 0) is 14.6 Å². The van der Waals surface area contributed by atoms with Crippen LogP contribution in [-0.4, -0.2) is 26.6 Å². The number of nitrogens with one attached hydrogen (secondary N) is 1. The molecule has 0 unspecified atom stereocenters. The molecule has 0 fully saturated rings. The number of carbonyl (C=O) groups excluding carboxylic acids is 1. The molecule has 0 aliphatic rings. The van der Waals surface area contributed by atoms with Gasteiger partial charge in [-0.15, -0.1) is 0 Å². The van der Waals surface area contributed by atoms with Gasteiger partial charge in [-0.05, 0) is 36.6 Å². The fourth-order valence-corrected chi connectivity index (χ4v) is 4.47. The zero-order valence-corrected chi connectivity index (χ0v) is 17.2. The smallest absolute Gasteiger partial charge is 0.235 e. The average Bonchev–Trinajstić information content (AvgIpc) is 2.72. The van der Waals surface area contributed by atoms with Gasteiger partial charge in [0.15, 0.2) is 9.84 Å². The van der Waals surface area contributed by atoms with E-state index >= 15 is 0 Å². The van der Waals surface area contributed by atoms with Crippen molar-refractivity contribution in [1.82, 2.24) is 5.32 Å². The Hall–Kier alpha value is -2.92. The van der Waals surface area contributed by atoms with Crippen molar-refractivity contribution < 1.29 is 13.2 Å². The Morgan fingerprint density at radius 1 is 0.828 bits per heavy atom. The van der Waals surface area contributed by atoms with Crippen molar-refractivity contribution in [3.8, 4) is 0 Å². The molecule has 1 N–H and O–H groups in total. The van der Waals surface area contributed by atoms with Crippen LogP contribution in [0, 0.1) is 6.92 Å². The third-order valence-electron chi connectivity index (χ3n) is 4.86. The second-order valence-corrected chi connectivity index (χ2v) is 9.07. The Morgan fingerprint density at radius 3 is 1.86 bits per heavy atom. The summed E-state index contributed by atoms with van der Waals surface area (Å²) in [6, 6.07) is 26.8. The largest absolute Gasteiger partial charge is 0.355 e. The molecule has 150 valence electrons. The number of aryl methyl sites for hydroxylation is 1. The Morgan fingerprint density at radius 2 is 1.34 bits per heavy atom. The SMILES string of the molecule is Cc1ccc(S(=O)(=O)CC(=O)NCCC(c2ccccc2)c2ccccc2)cc1. The molecule has 0 aliphatic heterocycles. The average molecular weight is 408 g/mol. The van der Waals surface area contributed by atoms with E-state index in [2.05, 4.69) is 29.6 Å². The standard InChI is InChI=1S/C24H25NO3S/c1-19-12-14-22(15-13-19)29(27,28)18-24(26)25-17-16-23(20-8-4-2-5-9-20)21-10-6-3-7-11-21/h2-15,23H,16-18H2,1H3,(H,25,26). The van der Waals surface area contributed by atoms with Crippen molar-refractivity contribution in [2.45, 2.75) is 24.2 Å². The van der Waals surface area contributed by atoms with Crippen molar-refractivity contribution in [2.24, 2.45) is 0 Å². The van der Waals surface area contributed by atoms with Gasteiger partial charge in [-0.25, -0.2) is 8.42 Å². The van der Waals surface area contributed by atoms with Crippen molar-refractivity contribution >= 4 is 15.7 Å². The summed E-state index contributed by atoms with van der Waals surface area (Å²) < 4.78 is 24.9. The van der Waals surface area contributed by atoms with Crippen LogP contribution in [0.1, 0.15) is 29.0 Å². The van der Waals surface area contributed by atoms with Gasteiger partial charge in [0.25, 0.3) is 0 Å². The van der Waals surface area contributed by atoms with E-state index in [4.69, 9.17) is 0 Å². The molecule has 0 aliphatic carbocycles. The van der Waals surface area contributed by atoms with Crippen molar-refractivity contribution in [1.29, 1.82) is 0 Å². The summed E-state index contributed by atoms with van der Waals surface area (Å²) in [5.74, 6) is -0.894. The van der Waals surface area contributed by atoms with Crippen LogP contribution >= 0.6 is 0 Å². The van der Waals surface area contributed by atoms with E-state index in [1.54, 1.807) is 24.3 Å². The van der Waals surface area contributed by atoms with E-state index in [1.165, 1.54) is 11.1 Å². The maximum atomic E-state index is 12.4. The van der Waals surface area contributed by atoms with Crippen molar-refractivity contribution in [3.05, 3.63) is 102 Å². The predicted octanol–water partition coefficient (Wildman–Crippen LogP) is 4.11. The van der Waals surface area contributed by atoms with Gasteiger partial charge in [0.2, 0.25) is 5.91 Å². The van der Waals surface area contributed by atoms with Gasteiger partial charge in [0, 0.05) is 12.5 Å². The lowest BCUT2D eigenvalue weighted by atomic mass is 9.88. The molecular weight excluding hydrogens is 382 g/mol. The molecule has 0 saturated carbocycles. The molecule has 0 radical (unpaired) electrons. The highest BCUT2D eigenvalue weighted by atomic mass is 32.2. The number of benzene rings is 3. The topological polar surface area (TPSA) is 63.2 Å². The quantitative estimate of drug-likeness (QED) is 0.611. The maximum Gasteiger partial charge on any atom is 0.235 e. The summed E-state index contributed by atoms with van der Waals surface area (Å²) in [5, 5.41) is 2.77. The molecule has 5 heteroatoms. The predicted molar refractivity (Wildman–Crippen MR) is 116 cm³/mol. The number of hydrogen-bond acceptors (Lipinski definition) is 3. The Kier molecular flexibility index (Phi) is 6.83. The molecule has 0 atom stereocenters. The van der Waals surface area contributed by atoms with Gasteiger partial charge >= 0.3 is 0 Å². The number of carbonyl (C=O) groups is 1. The Bertz CT molecular complexity index is 991. The first kappa shape index (κ1) is 20.8. The molecule has 1 amide bonds. The van der Waals surface area contributed by atoms with Crippen LogP contribution in [0.15, 0.2) is 89.8 Å². The first-order chi connectivity index (χ1) is 14.0. The van der Waals surface area contributed by atoms with Crippen LogP contribution in [0.4, 0.5) is 0 Å². The lowest BCUT2D eigenvalue weighted by Crippen LogP contribution is -2.31. The first-order valence-corrected chi connectivity index (χ1v) is 11.3. The van der Waals surface area contributed by atoms with Crippen LogP contribution in [0.25, 0.3) is 0 Å². The summed E-state index contributed by atoms with van der Waals surface area (Å²) in [5.41, 5.74) is 3.31. The minimum Gasteiger partial charge on any atom is -0.355 e. The van der Waals surface area contributed by atoms with E-state index in [0.29, 0.717) is 13.0 Å². The van der Waals surface area contributed by atoms with E-state index in [1.807, 2.05) is 43.3 Å². The molecule has 0 spiro atoms. The fourth-order valence-electron chi connectivity index (χ4n) is 3.30. The monoisotopic (exact) mass is 407 g/mol. The second kappa shape index (κ2) is 9.52. The minimum absolute atomic E-state index is 0.131. The van der Waals surface area contributed by atoms with Crippen molar-refractivity contribution in [3.63, 3.8) is 0 Å². The first-order valence-electron chi connectivity index (χ1n) is 9.62. The Labute approximate surface area is 172 Å². The fraction of sp³-hybridized carbons (Fsp3) is 0.208. The molecule has 0 bridgehead atoms. The second-order valence-electron chi connectivity index (χ2n) is 7.08. The van der Waals surface area contributed by atoms with Gasteiger partial charge in [0.1, 0.15) is 5.75 Å². The van der Waals surface area contributed by atoms with Crippen molar-refractivity contribution in [2.75, 3.05) is 12.3 Å². The summed E-state index contributed by atoms with van der Waals surface area (Å²) in [6.07, 6.45) is 0.685. The molecule has 0 saturated heterocycles. The number of rotatable bonds is 8. The lowest BCUT2D eigenvalue weighted by molar-refractivity contribution is -0.118. The number of sulfone groups is 1. The Balaban J connectivity index is 1.62. The summed E-state index contributed by atoms with van der Waals surface area (Å²) in [6.45, 7) is 2.29. The van der Waals surface area contributed by atoms with E-state index in [-0.39, 0.29) is 10.8 Å². The zero-order valence-electron chi connectivity index (χ0n) is 16.4. The summed E-state index contributed by atoms with van der Waals surface area (Å²) >= 11 is 0. The van der Waals surface area contributed by atoms with Crippen LogP contribution in [0.2, 0.25) is 0 Å². The van der Waals surface area contributed by atoms with Gasteiger partial charge in [-0.2, -0.15) is 0 Å². The normalized spacial score (nSPS) is 11.4. The molecule has 3 aromatic rings. The highest BCUT2D eigenvalue weighted by molar-refractivity contribution is 7.92. The van der Waals surface area contributed by atoms with Crippen LogP contribution in [0.3, 0.4) is 0 Å². The van der Waals surface area contributed by atoms with E-state index < -0.39 is 21.5 Å². The molecule has 0 heterocycles. The summed E-state index contributed by atoms with van der Waals surface area (Å²) in [7, 11) is -3.64. The molecule has 3 rings (SSSR count). The van der Waals surface area contributed by atoms with Gasteiger partial charge in [-0.3, -0.25) is 4.79 Å². The minimum atomic E-state index is -3.64. The van der Waals surface area contributed by atoms with Gasteiger partial charge in [-0.1, -0.05) is 78.4 Å². The number of amides is 1. The van der Waals surface area contributed by atoms with Gasteiger partial charge in [0.05, 0.1) is 4.90 Å². The lowest BCUT2D eigenvalue weighted by Gasteiger charge is -2.18. The third kappa shape index (κ3) is 5.78. The molecule has 0 aromatic heterocycles. The van der Waals surface area contributed by atoms with E-state index in [9.17, 15) is 13.2 Å². The molecular formula is C24H25NO3S. The van der Waals surface area contributed by atoms with E-state index in [0.717, 1.165) is 5.56 Å². The maximum absolute atomic E-state index is 12.4. The molecule has 29 heavy (non-hydrogen) atoms. The highest BCUT2D eigenvalue weighted by Gasteiger charge is 2.20.